The molecule has 0 saturated carbocycles. The first kappa shape index (κ1) is 51.8. The van der Waals surface area contributed by atoms with Crippen LogP contribution in [0.25, 0.3) is 10.4 Å². The average molecular weight is 1020 g/mol. The molecule has 0 radical (unpaired) electrons. The quantitative estimate of drug-likeness (QED) is 0.0621. The Hall–Kier alpha value is -6.56. The van der Waals surface area contributed by atoms with Gasteiger partial charge in [0.05, 0.1) is 40.3 Å². The van der Waals surface area contributed by atoms with Crippen LogP contribution in [-0.2, 0) is 25.7 Å². The molecule has 8 rings (SSSR count). The lowest BCUT2D eigenvalue weighted by Crippen LogP contribution is -2.59. The number of carbonyl (C=O) groups excluding carboxylic acids is 5. The lowest BCUT2D eigenvalue weighted by Gasteiger charge is -2.37. The highest BCUT2D eigenvalue weighted by Gasteiger charge is 2.45. The van der Waals surface area contributed by atoms with E-state index in [0.717, 1.165) is 59.9 Å². The summed E-state index contributed by atoms with van der Waals surface area (Å²) in [7, 11) is 0. The number of piperazine rings is 1. The van der Waals surface area contributed by atoms with Crippen LogP contribution in [0, 0.1) is 30.0 Å². The van der Waals surface area contributed by atoms with Gasteiger partial charge in [-0.15, -0.1) is 22.7 Å². The Kier molecular flexibility index (Phi) is 16.2. The van der Waals surface area contributed by atoms with Gasteiger partial charge in [-0.25, -0.2) is 14.4 Å². The number of halogens is 1. The minimum absolute atomic E-state index is 0.0144. The Balaban J connectivity index is 0.807. The first-order valence-electron chi connectivity index (χ1n) is 24.1. The molecule has 5 atom stereocenters. The van der Waals surface area contributed by atoms with Gasteiger partial charge in [-0.1, -0.05) is 69.0 Å². The third kappa shape index (κ3) is 12.0. The lowest BCUT2D eigenvalue weighted by molar-refractivity contribution is -0.144. The number of amides is 5. The monoisotopic (exact) mass is 1020 g/mol. The number of aromatic hydroxyl groups is 1. The van der Waals surface area contributed by atoms with Gasteiger partial charge in [0.2, 0.25) is 17.7 Å². The summed E-state index contributed by atoms with van der Waals surface area (Å²) in [5, 5.41) is 31.6. The first-order valence-corrected chi connectivity index (χ1v) is 25.8. The summed E-state index contributed by atoms with van der Waals surface area (Å²) in [6.07, 6.45) is 2.04. The third-order valence-electron chi connectivity index (χ3n) is 13.4. The van der Waals surface area contributed by atoms with Crippen LogP contribution in [-0.4, -0.2) is 133 Å². The maximum absolute atomic E-state index is 15.3. The highest BCUT2D eigenvalue weighted by Crippen LogP contribution is 2.37. The van der Waals surface area contributed by atoms with Crippen molar-refractivity contribution in [2.45, 2.75) is 90.7 Å². The van der Waals surface area contributed by atoms with Crippen LogP contribution < -0.4 is 16.0 Å². The number of nitrogens with zero attached hydrogens (tertiary/aromatic N) is 6. The first-order chi connectivity index (χ1) is 34.4. The van der Waals surface area contributed by atoms with E-state index in [1.54, 1.807) is 34.9 Å². The summed E-state index contributed by atoms with van der Waals surface area (Å²) in [6.45, 7) is 13.1. The van der Waals surface area contributed by atoms with E-state index in [4.69, 9.17) is 0 Å². The van der Waals surface area contributed by atoms with Gasteiger partial charge in [0.25, 0.3) is 11.8 Å². The van der Waals surface area contributed by atoms with E-state index in [-0.39, 0.29) is 60.4 Å². The molecule has 0 aliphatic carbocycles. The molecule has 19 heteroatoms. The molecule has 3 aromatic carbocycles. The Labute approximate surface area is 426 Å². The van der Waals surface area contributed by atoms with E-state index in [1.807, 2.05) is 64.4 Å². The van der Waals surface area contributed by atoms with Crippen LogP contribution in [0.15, 0.2) is 77.8 Å². The van der Waals surface area contributed by atoms with Crippen molar-refractivity contribution in [1.82, 2.24) is 40.2 Å². The Morgan fingerprint density at radius 3 is 2.42 bits per heavy atom. The Bertz CT molecular complexity index is 2850. The van der Waals surface area contributed by atoms with Crippen LogP contribution in [0.4, 0.5) is 9.52 Å². The van der Waals surface area contributed by atoms with E-state index in [1.165, 1.54) is 33.4 Å². The molecular formula is C53H60FN9O7S2. The second kappa shape index (κ2) is 22.5. The van der Waals surface area contributed by atoms with Crippen molar-refractivity contribution in [1.29, 1.82) is 0 Å². The van der Waals surface area contributed by atoms with E-state index in [2.05, 4.69) is 47.6 Å². The molecular weight excluding hydrogens is 958 g/mol. The number of aryl methyl sites for hydroxylation is 1. The molecule has 5 amide bonds. The number of likely N-dealkylation sites (tertiary alicyclic amines) is 1. The summed E-state index contributed by atoms with van der Waals surface area (Å²) < 4.78 is 15.3. The van der Waals surface area contributed by atoms with Gasteiger partial charge in [0.15, 0.2) is 5.13 Å². The Morgan fingerprint density at radius 2 is 1.72 bits per heavy atom. The predicted octanol–water partition coefficient (Wildman–Crippen LogP) is 5.87. The predicted molar refractivity (Wildman–Crippen MR) is 273 cm³/mol. The van der Waals surface area contributed by atoms with Crippen LogP contribution in [0.3, 0.4) is 0 Å². The van der Waals surface area contributed by atoms with Crippen molar-refractivity contribution in [3.63, 3.8) is 0 Å². The van der Waals surface area contributed by atoms with Crippen molar-refractivity contribution in [2.75, 3.05) is 51.1 Å². The minimum Gasteiger partial charge on any atom is -0.508 e. The van der Waals surface area contributed by atoms with Crippen LogP contribution in [0.1, 0.15) is 97.3 Å². The molecule has 3 aliphatic rings. The van der Waals surface area contributed by atoms with Gasteiger partial charge >= 0.3 is 0 Å². The fraction of sp³-hybridized carbons (Fsp3) is 0.415. The number of hydrogen-bond acceptors (Lipinski definition) is 13. The van der Waals surface area contributed by atoms with Gasteiger partial charge in [-0.05, 0) is 73.2 Å². The number of carbonyl (C=O) groups is 5. The highest BCUT2D eigenvalue weighted by atomic mass is 32.1. The number of fused-ring (bicyclic) bond motifs is 1. The maximum Gasteiger partial charge on any atom is 0.256 e. The zero-order valence-corrected chi connectivity index (χ0v) is 42.6. The number of aromatic nitrogens is 2. The molecule has 1 unspecified atom stereocenters. The molecule has 72 heavy (non-hydrogen) atoms. The van der Waals surface area contributed by atoms with E-state index in [9.17, 15) is 34.2 Å². The summed E-state index contributed by atoms with van der Waals surface area (Å²) in [6, 6.07) is 13.1. The summed E-state index contributed by atoms with van der Waals surface area (Å²) >= 11 is 2.75. The van der Waals surface area contributed by atoms with Crippen molar-refractivity contribution in [3.8, 4) is 28.0 Å². The SMILES string of the molecule is Cc1ncsc1-c1ccc([C@H](C)NC(=O)[C@@H]2C[C@@H](O)CN2C(=O)[C@@H](NC(=O)CN2CCN(CCCC#Cc3cccc4c3C(=O)N(C(C(=O)Nc3nccs3)c3cc(O)ccc3F)C4)CC2)C(C)(C)C)cc1. The fourth-order valence-electron chi connectivity index (χ4n) is 9.49. The normalized spacial score (nSPS) is 18.5. The molecule has 5 N–H and O–H groups in total. The number of benzene rings is 3. The largest absolute Gasteiger partial charge is 0.508 e. The van der Waals surface area contributed by atoms with E-state index >= 15 is 4.39 Å². The highest BCUT2D eigenvalue weighted by molar-refractivity contribution is 7.14. The number of β-amino-alcohol motifs (C(OH)–C–C–N with tert-alkyl or cyclic N) is 1. The van der Waals surface area contributed by atoms with Crippen molar-refractivity contribution in [2.24, 2.45) is 5.41 Å². The van der Waals surface area contributed by atoms with Gasteiger partial charge in [-0.3, -0.25) is 34.2 Å². The fourth-order valence-corrected chi connectivity index (χ4v) is 10.8. The second-order valence-corrected chi connectivity index (χ2v) is 21.4. The van der Waals surface area contributed by atoms with Gasteiger partial charge < -0.3 is 35.5 Å². The van der Waals surface area contributed by atoms with E-state index in [0.29, 0.717) is 36.2 Å². The molecule has 2 aromatic heterocycles. The van der Waals surface area contributed by atoms with Crippen LogP contribution >= 0.6 is 22.7 Å². The maximum atomic E-state index is 15.3. The van der Waals surface area contributed by atoms with Gasteiger partial charge in [0, 0.05) is 74.8 Å². The molecule has 0 spiro atoms. The molecule has 5 heterocycles. The second-order valence-electron chi connectivity index (χ2n) is 19.6. The molecule has 2 saturated heterocycles. The average Bonchev–Trinajstić information content (AvgIpc) is 4.17. The molecule has 3 aliphatic heterocycles. The minimum atomic E-state index is -1.39. The van der Waals surface area contributed by atoms with Crippen LogP contribution in [0.2, 0.25) is 0 Å². The lowest BCUT2D eigenvalue weighted by atomic mass is 9.85. The molecule has 2 fully saturated rings. The zero-order valence-electron chi connectivity index (χ0n) is 41.0. The molecule has 5 aromatic rings. The number of unbranched alkanes of at least 4 members (excludes halogenated alkanes) is 1. The summed E-state index contributed by atoms with van der Waals surface area (Å²) in [5.74, 6) is 3.15. The standard InChI is InChI=1S/C53H60FN9O7S2/c1-32(34-13-15-36(16-14-34)46-33(2)56-31-72-46)57-48(67)42-27-39(65)29-62(42)51(70)47(53(3,4)5)58-43(66)30-61-23-21-60(22-24-61)20-8-6-7-10-35-11-9-12-37-28-63(50(69)44(35)37)45(40-26-38(64)17-18-41(40)54)49(68)59-52-55-19-25-71-52/h9,11-19,25-26,31-32,39,42,45,47,64-65H,6,8,20-24,27-30H2,1-5H3,(H,57,67)(H,58,66)(H,55,59,68)/t32-,39+,42-,45?,47+/m0/s1. The number of thiazole rings is 2. The Morgan fingerprint density at radius 1 is 0.972 bits per heavy atom. The molecule has 16 nitrogen and oxygen atoms in total. The number of anilines is 1. The number of aliphatic hydroxyl groups is 1. The third-order valence-corrected chi connectivity index (χ3v) is 15.0. The summed E-state index contributed by atoms with van der Waals surface area (Å²) in [4.78, 5) is 85.9. The van der Waals surface area contributed by atoms with Crippen molar-refractivity contribution < 1.29 is 38.6 Å². The van der Waals surface area contributed by atoms with Crippen LogP contribution in [0.5, 0.6) is 5.75 Å². The van der Waals surface area contributed by atoms with Crippen molar-refractivity contribution in [3.05, 3.63) is 117 Å². The summed E-state index contributed by atoms with van der Waals surface area (Å²) in [5.41, 5.74) is 5.38. The number of aliphatic hydroxyl groups excluding tert-OH is 1. The van der Waals surface area contributed by atoms with E-state index < -0.39 is 53.2 Å². The number of phenols is 1. The number of hydrogen-bond donors (Lipinski definition) is 5. The number of nitrogens with one attached hydrogen (secondary N) is 3. The smallest absolute Gasteiger partial charge is 0.256 e. The molecule has 0 bridgehead atoms. The van der Waals surface area contributed by atoms with Crippen molar-refractivity contribution >= 4 is 57.3 Å². The van der Waals surface area contributed by atoms with Gasteiger partial charge in [-0.2, -0.15) is 0 Å². The van der Waals surface area contributed by atoms with Gasteiger partial charge in [0.1, 0.15) is 29.7 Å². The number of phenolic OH excluding ortho intramolecular Hbond substituents is 1. The topological polar surface area (TPSA) is 201 Å². The zero-order chi connectivity index (χ0) is 51.3. The number of rotatable bonds is 15. The molecule has 378 valence electrons.